The molecule has 0 aliphatic carbocycles. The van der Waals surface area contributed by atoms with Gasteiger partial charge in [0.05, 0.1) is 24.4 Å². The van der Waals surface area contributed by atoms with E-state index in [1.54, 1.807) is 10.9 Å². The van der Waals surface area contributed by atoms with E-state index in [1.165, 1.54) is 0 Å². The molecule has 20 heavy (non-hydrogen) atoms. The van der Waals surface area contributed by atoms with Crippen molar-refractivity contribution in [1.29, 1.82) is 0 Å². The number of hydrogen-bond donors (Lipinski definition) is 3. The minimum absolute atomic E-state index is 0.0995. The molecule has 1 aliphatic heterocycles. The fourth-order valence-electron chi connectivity index (χ4n) is 2.21. The Kier molecular flexibility index (Phi) is 4.72. The third-order valence-electron chi connectivity index (χ3n) is 3.97. The van der Waals surface area contributed by atoms with Crippen molar-refractivity contribution in [3.63, 3.8) is 0 Å². The number of amides is 1. The largest absolute Gasteiger partial charge is 0.394 e. The quantitative estimate of drug-likeness (QED) is 0.711. The van der Waals surface area contributed by atoms with Gasteiger partial charge in [0.15, 0.2) is 5.69 Å². The second-order valence-electron chi connectivity index (χ2n) is 5.59. The van der Waals surface area contributed by atoms with E-state index in [-0.39, 0.29) is 12.5 Å². The summed E-state index contributed by atoms with van der Waals surface area (Å²) in [5.41, 5.74) is -0.313. The van der Waals surface area contributed by atoms with Crippen LogP contribution in [-0.2, 0) is 0 Å². The summed E-state index contributed by atoms with van der Waals surface area (Å²) in [7, 11) is 0. The van der Waals surface area contributed by atoms with Crippen LogP contribution in [0.5, 0.6) is 0 Å². The van der Waals surface area contributed by atoms with Crippen molar-refractivity contribution < 1.29 is 9.90 Å². The molecule has 112 valence electrons. The Morgan fingerprint density at radius 1 is 1.60 bits per heavy atom. The zero-order valence-corrected chi connectivity index (χ0v) is 12.1. The van der Waals surface area contributed by atoms with Gasteiger partial charge in [-0.1, -0.05) is 12.1 Å². The summed E-state index contributed by atoms with van der Waals surface area (Å²) in [6.07, 6.45) is 4.33. The van der Waals surface area contributed by atoms with Crippen LogP contribution >= 0.6 is 0 Å². The number of nitrogens with one attached hydrogen (secondary N) is 2. The maximum Gasteiger partial charge on any atom is 0.273 e. The van der Waals surface area contributed by atoms with Gasteiger partial charge in [0.25, 0.3) is 5.91 Å². The molecule has 1 amide bonds. The molecule has 0 radical (unpaired) electrons. The molecule has 1 atom stereocenters. The topological polar surface area (TPSA) is 92.1 Å². The summed E-state index contributed by atoms with van der Waals surface area (Å²) in [4.78, 5) is 12.1. The van der Waals surface area contributed by atoms with Crippen LogP contribution < -0.4 is 10.6 Å². The van der Waals surface area contributed by atoms with Gasteiger partial charge < -0.3 is 15.7 Å². The number of aliphatic hydroxyl groups is 1. The molecular weight excluding hydrogens is 258 g/mol. The van der Waals surface area contributed by atoms with Crippen LogP contribution in [-0.4, -0.2) is 51.2 Å². The molecule has 1 saturated heterocycles. The number of piperidine rings is 1. The highest BCUT2D eigenvalue weighted by atomic mass is 16.3. The van der Waals surface area contributed by atoms with E-state index in [4.69, 9.17) is 0 Å². The number of hydrogen-bond acceptors (Lipinski definition) is 5. The average molecular weight is 281 g/mol. The Hall–Kier alpha value is -1.47. The minimum Gasteiger partial charge on any atom is -0.394 e. The summed E-state index contributed by atoms with van der Waals surface area (Å²) >= 11 is 0. The van der Waals surface area contributed by atoms with Crippen LogP contribution in [0.2, 0.25) is 0 Å². The van der Waals surface area contributed by atoms with Crippen molar-refractivity contribution in [2.45, 2.75) is 44.7 Å². The van der Waals surface area contributed by atoms with Crippen LogP contribution in [0.3, 0.4) is 0 Å². The maximum atomic E-state index is 12.1. The second kappa shape index (κ2) is 6.32. The number of rotatable bonds is 5. The Morgan fingerprint density at radius 3 is 2.90 bits per heavy atom. The number of aliphatic hydroxyl groups excluding tert-OH is 1. The lowest BCUT2D eigenvalue weighted by atomic mass is 10.0. The van der Waals surface area contributed by atoms with Gasteiger partial charge in [-0.3, -0.25) is 4.79 Å². The van der Waals surface area contributed by atoms with Crippen LogP contribution in [0.15, 0.2) is 6.20 Å². The van der Waals surface area contributed by atoms with Gasteiger partial charge in [0.2, 0.25) is 0 Å². The van der Waals surface area contributed by atoms with E-state index in [2.05, 4.69) is 20.9 Å². The fourth-order valence-corrected chi connectivity index (χ4v) is 2.21. The lowest BCUT2D eigenvalue weighted by molar-refractivity contribution is 0.0842. The van der Waals surface area contributed by atoms with Gasteiger partial charge >= 0.3 is 0 Å². The Balaban J connectivity index is 2.02. The monoisotopic (exact) mass is 281 g/mol. The molecule has 0 saturated carbocycles. The fraction of sp³-hybridized carbons (Fsp3) is 0.769. The molecule has 1 fully saturated rings. The normalized spacial score (nSPS) is 19.6. The Labute approximate surface area is 118 Å². The number of carbonyl (C=O) groups excluding carboxylic acids is 1. The minimum atomic E-state index is -0.615. The molecular formula is C13H23N5O2. The van der Waals surface area contributed by atoms with Gasteiger partial charge in [-0.2, -0.15) is 0 Å². The second-order valence-corrected chi connectivity index (χ2v) is 5.59. The van der Waals surface area contributed by atoms with Gasteiger partial charge in [-0.25, -0.2) is 4.68 Å². The molecule has 0 spiro atoms. The lowest BCUT2D eigenvalue weighted by Crippen LogP contribution is -2.48. The van der Waals surface area contributed by atoms with Gasteiger partial charge in [-0.05, 0) is 39.3 Å². The maximum absolute atomic E-state index is 12.1. The predicted octanol–water partition coefficient (Wildman–Crippen LogP) is 0.0934. The van der Waals surface area contributed by atoms with Gasteiger partial charge in [-0.15, -0.1) is 5.10 Å². The average Bonchev–Trinajstić information content (AvgIpc) is 2.98. The van der Waals surface area contributed by atoms with Gasteiger partial charge in [0.1, 0.15) is 0 Å². The summed E-state index contributed by atoms with van der Waals surface area (Å²) < 4.78 is 1.78. The molecule has 1 aliphatic rings. The van der Waals surface area contributed by atoms with E-state index in [1.807, 2.05) is 13.8 Å². The predicted molar refractivity (Wildman–Crippen MR) is 74.4 cm³/mol. The molecule has 7 nitrogen and oxygen atoms in total. The number of aromatic nitrogens is 3. The van der Waals surface area contributed by atoms with Crippen molar-refractivity contribution in [3.8, 4) is 0 Å². The van der Waals surface area contributed by atoms with Crippen molar-refractivity contribution in [2.24, 2.45) is 0 Å². The summed E-state index contributed by atoms with van der Waals surface area (Å²) in [6, 6.07) is 0.306. The van der Waals surface area contributed by atoms with E-state index < -0.39 is 5.54 Å². The van der Waals surface area contributed by atoms with Crippen molar-refractivity contribution in [2.75, 3.05) is 19.7 Å². The van der Waals surface area contributed by atoms with E-state index in [0.29, 0.717) is 18.2 Å². The molecule has 1 aromatic rings. The highest BCUT2D eigenvalue weighted by molar-refractivity contribution is 5.92. The molecule has 3 N–H and O–H groups in total. The van der Waals surface area contributed by atoms with E-state index >= 15 is 0 Å². The molecule has 1 unspecified atom stereocenters. The van der Waals surface area contributed by atoms with E-state index in [9.17, 15) is 9.90 Å². The Bertz CT molecular complexity index is 449. The first kappa shape index (κ1) is 14.9. The standard InChI is InChI=1S/C13H23N5O2/c1-3-13(2,9-19)15-12(20)11-8-18(17-16-11)10-4-6-14-7-5-10/h8,10,14,19H,3-7,9H2,1-2H3,(H,15,20). The van der Waals surface area contributed by atoms with E-state index in [0.717, 1.165) is 25.9 Å². The van der Waals surface area contributed by atoms with Crippen molar-refractivity contribution in [1.82, 2.24) is 25.6 Å². The SMILES string of the molecule is CCC(C)(CO)NC(=O)c1cn(C2CCNCC2)nn1. The molecule has 0 aromatic carbocycles. The van der Waals surface area contributed by atoms with Gasteiger partial charge in [0, 0.05) is 0 Å². The summed E-state index contributed by atoms with van der Waals surface area (Å²) in [5, 5.41) is 23.4. The third-order valence-corrected chi connectivity index (χ3v) is 3.97. The van der Waals surface area contributed by atoms with Crippen LogP contribution in [0.4, 0.5) is 0 Å². The number of nitrogens with zero attached hydrogens (tertiary/aromatic N) is 3. The summed E-state index contributed by atoms with van der Waals surface area (Å²) in [5.74, 6) is -0.288. The van der Waals surface area contributed by atoms with Crippen LogP contribution in [0.25, 0.3) is 0 Å². The first-order valence-corrected chi connectivity index (χ1v) is 7.14. The van der Waals surface area contributed by atoms with Crippen molar-refractivity contribution in [3.05, 3.63) is 11.9 Å². The van der Waals surface area contributed by atoms with Crippen molar-refractivity contribution >= 4 is 5.91 Å². The molecule has 2 rings (SSSR count). The molecule has 2 heterocycles. The zero-order valence-electron chi connectivity index (χ0n) is 12.1. The highest BCUT2D eigenvalue weighted by Crippen LogP contribution is 2.17. The number of carbonyl (C=O) groups is 1. The first-order chi connectivity index (χ1) is 9.58. The van der Waals surface area contributed by atoms with Crippen LogP contribution in [0, 0.1) is 0 Å². The zero-order chi connectivity index (χ0) is 14.6. The summed E-state index contributed by atoms with van der Waals surface area (Å²) in [6.45, 7) is 5.55. The molecule has 7 heteroatoms. The first-order valence-electron chi connectivity index (χ1n) is 7.14. The lowest BCUT2D eigenvalue weighted by Gasteiger charge is -2.26. The smallest absolute Gasteiger partial charge is 0.273 e. The third kappa shape index (κ3) is 3.34. The highest BCUT2D eigenvalue weighted by Gasteiger charge is 2.26. The molecule has 0 bridgehead atoms. The van der Waals surface area contributed by atoms with Crippen LogP contribution in [0.1, 0.15) is 49.6 Å². The molecule has 1 aromatic heterocycles. The Morgan fingerprint density at radius 2 is 2.30 bits per heavy atom.